The summed E-state index contributed by atoms with van der Waals surface area (Å²) in [6.07, 6.45) is -7.27. The second kappa shape index (κ2) is 11.2. The summed E-state index contributed by atoms with van der Waals surface area (Å²) in [6, 6.07) is 0. The number of H-pyrrole nitrogens is 2. The van der Waals surface area contributed by atoms with Crippen LogP contribution in [0.2, 0.25) is 0 Å². The number of nitroso groups, excluding NO2 is 1. The van der Waals surface area contributed by atoms with Gasteiger partial charge in [0.1, 0.15) is 18.5 Å². The van der Waals surface area contributed by atoms with E-state index in [2.05, 4.69) is 15.5 Å². The molecule has 0 unspecified atom stereocenters. The number of anilines is 1. The van der Waals surface area contributed by atoms with E-state index in [4.69, 9.17) is 23.7 Å². The molecule has 3 N–H and O–H groups in total. The van der Waals surface area contributed by atoms with Gasteiger partial charge in [0.15, 0.2) is 24.5 Å². The number of hydrogen-bond donors (Lipinski definition) is 3. The molecule has 0 bridgehead atoms. The Balaban J connectivity index is 2.58. The standard InChI is InChI=1S/C18H22N4O12/c1-6(23)30-5-10-12(31-7(2)24)13(32-8(3)25)14(33-9(4)26)17(34-10)19-15-11(22-29)16(27)21-18(28)20-15/h10,12-14,17H,5H2,1-4H3,(H3,19,20,21,27,28)/t10-,12-,13-,14-,17+/m0/s1. The zero-order valence-corrected chi connectivity index (χ0v) is 18.4. The molecule has 1 saturated heterocycles. The van der Waals surface area contributed by atoms with Crippen molar-refractivity contribution in [3.63, 3.8) is 0 Å². The highest BCUT2D eigenvalue weighted by molar-refractivity contribution is 5.69. The van der Waals surface area contributed by atoms with Gasteiger partial charge in [0.25, 0.3) is 5.56 Å². The predicted molar refractivity (Wildman–Crippen MR) is 109 cm³/mol. The molecule has 34 heavy (non-hydrogen) atoms. The molecule has 186 valence electrons. The first-order valence-corrected chi connectivity index (χ1v) is 9.69. The molecule has 1 aromatic heterocycles. The van der Waals surface area contributed by atoms with Crippen molar-refractivity contribution in [1.82, 2.24) is 9.97 Å². The summed E-state index contributed by atoms with van der Waals surface area (Å²) in [6.45, 7) is 3.73. The number of esters is 4. The Bertz CT molecular complexity index is 1080. The van der Waals surface area contributed by atoms with Crippen LogP contribution in [0.5, 0.6) is 0 Å². The molecular formula is C18H22N4O12. The number of carbonyl (C=O) groups excluding carboxylic acids is 4. The molecule has 0 amide bonds. The highest BCUT2D eigenvalue weighted by Gasteiger charge is 2.52. The van der Waals surface area contributed by atoms with Crippen LogP contribution in [0.3, 0.4) is 0 Å². The predicted octanol–water partition coefficient (Wildman–Crippen LogP) is -1.04. The van der Waals surface area contributed by atoms with Crippen LogP contribution in [0.25, 0.3) is 0 Å². The molecule has 5 atom stereocenters. The highest BCUT2D eigenvalue weighted by Crippen LogP contribution is 2.30. The number of carbonyl (C=O) groups is 4. The molecule has 16 heteroatoms. The summed E-state index contributed by atoms with van der Waals surface area (Å²) in [5.41, 5.74) is -2.91. The zero-order chi connectivity index (χ0) is 25.6. The van der Waals surface area contributed by atoms with Crippen molar-refractivity contribution in [2.75, 3.05) is 11.9 Å². The van der Waals surface area contributed by atoms with Gasteiger partial charge in [0.2, 0.25) is 5.69 Å². The van der Waals surface area contributed by atoms with E-state index >= 15 is 0 Å². The largest absolute Gasteiger partial charge is 0.463 e. The Kier molecular flexibility index (Phi) is 8.60. The Labute approximate surface area is 190 Å². The lowest BCUT2D eigenvalue weighted by Gasteiger charge is -2.44. The molecule has 2 heterocycles. The number of nitrogens with one attached hydrogen (secondary N) is 3. The van der Waals surface area contributed by atoms with Crippen molar-refractivity contribution >= 4 is 35.4 Å². The molecule has 1 aliphatic rings. The van der Waals surface area contributed by atoms with Crippen LogP contribution >= 0.6 is 0 Å². The molecule has 1 fully saturated rings. The minimum Gasteiger partial charge on any atom is -0.463 e. The van der Waals surface area contributed by atoms with E-state index in [0.29, 0.717) is 0 Å². The minimum absolute atomic E-state index is 0.499. The first kappa shape index (κ1) is 26.2. The first-order valence-electron chi connectivity index (χ1n) is 9.69. The summed E-state index contributed by atoms with van der Waals surface area (Å²) < 4.78 is 26.4. The Morgan fingerprint density at radius 2 is 1.44 bits per heavy atom. The summed E-state index contributed by atoms with van der Waals surface area (Å²) in [4.78, 5) is 85.3. The van der Waals surface area contributed by atoms with Gasteiger partial charge in [-0.05, 0) is 5.18 Å². The topological polar surface area (TPSA) is 222 Å². The van der Waals surface area contributed by atoms with Gasteiger partial charge >= 0.3 is 29.6 Å². The molecule has 0 aliphatic carbocycles. The van der Waals surface area contributed by atoms with Crippen LogP contribution in [0.15, 0.2) is 14.8 Å². The lowest BCUT2D eigenvalue weighted by Crippen LogP contribution is -2.64. The Morgan fingerprint density at radius 3 is 1.97 bits per heavy atom. The van der Waals surface area contributed by atoms with Gasteiger partial charge in [-0.15, -0.1) is 4.91 Å². The van der Waals surface area contributed by atoms with E-state index in [1.165, 1.54) is 0 Å². The fourth-order valence-corrected chi connectivity index (χ4v) is 3.16. The quantitative estimate of drug-likeness (QED) is 0.227. The molecule has 0 aromatic carbocycles. The number of nitrogens with zero attached hydrogens (tertiary/aromatic N) is 1. The van der Waals surface area contributed by atoms with Crippen molar-refractivity contribution in [2.24, 2.45) is 5.18 Å². The maximum atomic E-state index is 11.9. The van der Waals surface area contributed by atoms with Gasteiger partial charge < -0.3 is 29.0 Å². The van der Waals surface area contributed by atoms with E-state index in [0.717, 1.165) is 27.7 Å². The lowest BCUT2D eigenvalue weighted by atomic mass is 9.97. The van der Waals surface area contributed by atoms with Crippen molar-refractivity contribution in [3.8, 4) is 0 Å². The van der Waals surface area contributed by atoms with Crippen molar-refractivity contribution in [2.45, 2.75) is 58.3 Å². The van der Waals surface area contributed by atoms with E-state index in [1.54, 1.807) is 4.98 Å². The number of ether oxygens (including phenoxy) is 5. The number of hydrogen-bond acceptors (Lipinski definition) is 14. The van der Waals surface area contributed by atoms with Crippen LogP contribution in [0.1, 0.15) is 27.7 Å². The van der Waals surface area contributed by atoms with Gasteiger partial charge in [-0.25, -0.2) is 4.79 Å². The fraction of sp³-hybridized carbons (Fsp3) is 0.556. The first-order chi connectivity index (χ1) is 15.9. The molecule has 16 nitrogen and oxygen atoms in total. The summed E-state index contributed by atoms with van der Waals surface area (Å²) in [5.74, 6) is -3.77. The van der Waals surface area contributed by atoms with Gasteiger partial charge in [0.05, 0.1) is 0 Å². The molecule has 0 spiro atoms. The maximum Gasteiger partial charge on any atom is 0.327 e. The van der Waals surface area contributed by atoms with Gasteiger partial charge in [-0.1, -0.05) is 0 Å². The van der Waals surface area contributed by atoms with Gasteiger partial charge in [-0.2, -0.15) is 0 Å². The maximum absolute atomic E-state index is 11.9. The summed E-state index contributed by atoms with van der Waals surface area (Å²) in [7, 11) is 0. The molecule has 0 saturated carbocycles. The fourth-order valence-electron chi connectivity index (χ4n) is 3.16. The van der Waals surface area contributed by atoms with Crippen molar-refractivity contribution in [3.05, 3.63) is 25.7 Å². The number of aromatic amines is 2. The van der Waals surface area contributed by atoms with Crippen LogP contribution in [0, 0.1) is 4.91 Å². The average Bonchev–Trinajstić information content (AvgIpc) is 2.69. The van der Waals surface area contributed by atoms with Crippen LogP contribution in [0.4, 0.5) is 11.5 Å². The van der Waals surface area contributed by atoms with E-state index in [-0.39, 0.29) is 0 Å². The molecule has 1 aromatic rings. The Hall–Kier alpha value is -4.08. The minimum atomic E-state index is -1.54. The third-order valence-corrected chi connectivity index (χ3v) is 4.29. The highest BCUT2D eigenvalue weighted by atomic mass is 16.7. The van der Waals surface area contributed by atoms with Gasteiger partial charge in [-0.3, -0.25) is 33.9 Å². The molecule has 2 rings (SSSR count). The average molecular weight is 486 g/mol. The second-order valence-electron chi connectivity index (χ2n) is 6.99. The van der Waals surface area contributed by atoms with Crippen LogP contribution in [-0.2, 0) is 42.9 Å². The van der Waals surface area contributed by atoms with Crippen molar-refractivity contribution in [1.29, 1.82) is 0 Å². The molecule has 1 aliphatic heterocycles. The number of rotatable bonds is 8. The second-order valence-corrected chi connectivity index (χ2v) is 6.99. The van der Waals surface area contributed by atoms with E-state index in [1.807, 2.05) is 0 Å². The van der Waals surface area contributed by atoms with Crippen LogP contribution in [-0.4, -0.2) is 71.1 Å². The smallest absolute Gasteiger partial charge is 0.327 e. The monoisotopic (exact) mass is 486 g/mol. The third kappa shape index (κ3) is 6.71. The summed E-state index contributed by atoms with van der Waals surface area (Å²) >= 11 is 0. The van der Waals surface area contributed by atoms with Crippen molar-refractivity contribution < 1.29 is 42.9 Å². The molecule has 0 radical (unpaired) electrons. The van der Waals surface area contributed by atoms with Crippen LogP contribution < -0.4 is 16.6 Å². The van der Waals surface area contributed by atoms with E-state index in [9.17, 15) is 33.7 Å². The summed E-state index contributed by atoms with van der Waals surface area (Å²) in [5, 5.41) is 5.04. The zero-order valence-electron chi connectivity index (χ0n) is 18.4. The third-order valence-electron chi connectivity index (χ3n) is 4.29. The SMILES string of the molecule is CC(=O)OC[C@@H]1O[C@@H](Nc2[nH]c(=O)[nH]c(=O)c2N=O)[C@@H](OC(C)=O)[C@@H](OC(C)=O)[C@H]1OC(C)=O. The normalized spacial score (nSPS) is 23.8. The Morgan fingerprint density at radius 1 is 0.882 bits per heavy atom. The molecular weight excluding hydrogens is 464 g/mol. The van der Waals surface area contributed by atoms with E-state index < -0.39 is 83.9 Å². The number of aromatic nitrogens is 2. The van der Waals surface area contributed by atoms with Gasteiger partial charge in [0, 0.05) is 27.7 Å². The lowest BCUT2D eigenvalue weighted by molar-refractivity contribution is -0.247.